The molecule has 0 saturated carbocycles. The Morgan fingerprint density at radius 3 is 2.46 bits per heavy atom. The van der Waals surface area contributed by atoms with Crippen LogP contribution in [-0.4, -0.2) is 77.2 Å². The molecule has 0 radical (unpaired) electrons. The molecule has 0 spiro atoms. The molecule has 2 N–H and O–H groups in total. The lowest BCUT2D eigenvalue weighted by molar-refractivity contribution is -0.122. The number of carbonyl (C=O) groups is 3. The highest BCUT2D eigenvalue weighted by Gasteiger charge is 2.39. The number of aromatic nitrogens is 2. The van der Waals surface area contributed by atoms with Crippen LogP contribution in [0.5, 0.6) is 11.5 Å². The first-order chi connectivity index (χ1) is 24.6. The molecule has 0 bridgehead atoms. The first kappa shape index (κ1) is 37.0. The number of halogens is 2. The summed E-state index contributed by atoms with van der Waals surface area (Å²) in [7, 11) is 1.55. The van der Waals surface area contributed by atoms with Crippen molar-refractivity contribution in [3.05, 3.63) is 75.9 Å². The van der Waals surface area contributed by atoms with Crippen LogP contribution in [0.25, 0.3) is 28.1 Å². The van der Waals surface area contributed by atoms with Crippen LogP contribution < -0.4 is 20.3 Å². The minimum atomic E-state index is -0.810. The molecule has 1 saturated heterocycles. The first-order valence-corrected chi connectivity index (χ1v) is 17.2. The summed E-state index contributed by atoms with van der Waals surface area (Å²) in [6, 6.07) is 15.9. The topological polar surface area (TPSA) is 142 Å². The normalized spacial score (nSPS) is 14.8. The van der Waals surface area contributed by atoms with E-state index in [0.717, 1.165) is 0 Å². The van der Waals surface area contributed by atoms with Crippen molar-refractivity contribution >= 4 is 46.8 Å². The quantitative estimate of drug-likeness (QED) is 0.181. The van der Waals surface area contributed by atoms with Gasteiger partial charge in [0.05, 0.1) is 37.2 Å². The molecule has 3 amide bonds. The van der Waals surface area contributed by atoms with Crippen LogP contribution in [0.2, 0.25) is 10.0 Å². The van der Waals surface area contributed by atoms with Crippen LogP contribution in [0.15, 0.2) is 54.6 Å². The molecule has 274 valence electrons. The van der Waals surface area contributed by atoms with Gasteiger partial charge >= 0.3 is 6.09 Å². The number of hydrogen-bond donors (Lipinski definition) is 2. The van der Waals surface area contributed by atoms with Gasteiger partial charge in [-0.25, -0.2) is 9.48 Å². The second-order valence-corrected chi connectivity index (χ2v) is 14.8. The highest BCUT2D eigenvalue weighted by Crippen LogP contribution is 2.47. The number of anilines is 1. The van der Waals surface area contributed by atoms with Crippen molar-refractivity contribution in [1.82, 2.24) is 20.2 Å². The second-order valence-electron chi connectivity index (χ2n) is 13.9. The van der Waals surface area contributed by atoms with Gasteiger partial charge < -0.3 is 29.2 Å². The number of nitrogens with zero attached hydrogens (tertiary/aromatic N) is 3. The number of fused-ring (bicyclic) bond motifs is 3. The van der Waals surface area contributed by atoms with Crippen molar-refractivity contribution < 1.29 is 38.2 Å². The van der Waals surface area contributed by atoms with Gasteiger partial charge in [-0.1, -0.05) is 35.3 Å². The van der Waals surface area contributed by atoms with Gasteiger partial charge in [-0.3, -0.25) is 14.4 Å². The van der Waals surface area contributed by atoms with E-state index in [9.17, 15) is 14.4 Å². The molecule has 3 heterocycles. The van der Waals surface area contributed by atoms with Gasteiger partial charge in [0.1, 0.15) is 23.7 Å². The Morgan fingerprint density at radius 2 is 1.77 bits per heavy atom. The van der Waals surface area contributed by atoms with E-state index < -0.39 is 29.7 Å². The molecule has 1 aromatic heterocycles. The second kappa shape index (κ2) is 14.7. The highest BCUT2D eigenvalue weighted by molar-refractivity contribution is 6.34. The maximum atomic E-state index is 14.2. The first-order valence-electron chi connectivity index (χ1n) is 16.5. The lowest BCUT2D eigenvalue weighted by atomic mass is 9.95. The molecule has 52 heavy (non-hydrogen) atoms. The minimum absolute atomic E-state index is 0.0807. The molecule has 2 aliphatic rings. The molecule has 4 aromatic rings. The Hall–Kier alpha value is -4.82. The summed E-state index contributed by atoms with van der Waals surface area (Å²) >= 11 is 12.9. The van der Waals surface area contributed by atoms with Crippen molar-refractivity contribution in [3.63, 3.8) is 0 Å². The predicted molar refractivity (Wildman–Crippen MR) is 195 cm³/mol. The Morgan fingerprint density at radius 1 is 1.02 bits per heavy atom. The maximum Gasteiger partial charge on any atom is 0.431 e. The third-order valence-electron chi connectivity index (χ3n) is 8.31. The standard InChI is InChI=1S/C37H39Cl2N5O8/c1-36(2,3)52-35(47)42-51-19-31(45)40-24-9-7-8-21(12-24)26-16-27-30(17-29(26)48-6)50-18-28-32(34(46)43-10-11-49-20-37(43,4)5)41-44(33(27)28)25-14-22(38)13-23(39)15-25/h7-9,12-17H,10-11,18-20H2,1-6H3,(H,40,45)(H,42,47). The minimum Gasteiger partial charge on any atom is -0.496 e. The zero-order chi connectivity index (χ0) is 37.4. The molecule has 15 heteroatoms. The van der Waals surface area contributed by atoms with Gasteiger partial charge in [0.15, 0.2) is 12.3 Å². The molecule has 0 aliphatic carbocycles. The summed E-state index contributed by atoms with van der Waals surface area (Å²) in [5, 5.41) is 8.47. The number of ether oxygens (including phenoxy) is 4. The van der Waals surface area contributed by atoms with Gasteiger partial charge in [0.25, 0.3) is 11.8 Å². The number of hydroxylamine groups is 1. The fourth-order valence-corrected chi connectivity index (χ4v) is 6.59. The van der Waals surface area contributed by atoms with E-state index in [1.54, 1.807) is 79.9 Å². The molecule has 0 atom stereocenters. The Kier molecular flexibility index (Phi) is 10.4. The van der Waals surface area contributed by atoms with Crippen LogP contribution in [0, 0.1) is 0 Å². The Balaban J connectivity index is 1.37. The molecule has 13 nitrogen and oxygen atoms in total. The van der Waals surface area contributed by atoms with Gasteiger partial charge in [-0.2, -0.15) is 10.6 Å². The number of amides is 3. The van der Waals surface area contributed by atoms with Crippen molar-refractivity contribution in [1.29, 1.82) is 0 Å². The Labute approximate surface area is 311 Å². The van der Waals surface area contributed by atoms with E-state index in [0.29, 0.717) is 80.6 Å². The largest absolute Gasteiger partial charge is 0.496 e. The zero-order valence-corrected chi connectivity index (χ0v) is 31.1. The fourth-order valence-electron chi connectivity index (χ4n) is 6.08. The fraction of sp³-hybridized carbons (Fsp3) is 0.351. The lowest BCUT2D eigenvalue weighted by Crippen LogP contribution is -2.55. The molecule has 1 fully saturated rings. The average molecular weight is 753 g/mol. The Bertz CT molecular complexity index is 2020. The van der Waals surface area contributed by atoms with Crippen LogP contribution in [-0.2, 0) is 25.7 Å². The number of nitrogens with one attached hydrogen (secondary N) is 2. The number of methoxy groups -OCH3 is 1. The van der Waals surface area contributed by atoms with E-state index in [-0.39, 0.29) is 18.2 Å². The summed E-state index contributed by atoms with van der Waals surface area (Å²) in [5.41, 5.74) is 5.38. The number of carbonyl (C=O) groups excluding carboxylic acids is 3. The van der Waals surface area contributed by atoms with E-state index >= 15 is 0 Å². The molecule has 2 aliphatic heterocycles. The summed E-state index contributed by atoms with van der Waals surface area (Å²) in [6.07, 6.45) is -0.810. The highest BCUT2D eigenvalue weighted by atomic mass is 35.5. The van der Waals surface area contributed by atoms with Crippen molar-refractivity contribution in [2.24, 2.45) is 0 Å². The molecule has 0 unspecified atom stereocenters. The molecular weight excluding hydrogens is 713 g/mol. The van der Waals surface area contributed by atoms with Crippen LogP contribution >= 0.6 is 23.2 Å². The summed E-state index contributed by atoms with van der Waals surface area (Å²) in [4.78, 5) is 45.6. The van der Waals surface area contributed by atoms with Crippen molar-refractivity contribution in [3.8, 4) is 39.6 Å². The average Bonchev–Trinajstić information content (AvgIpc) is 3.46. The van der Waals surface area contributed by atoms with E-state index in [2.05, 4.69) is 10.8 Å². The lowest BCUT2D eigenvalue weighted by Gasteiger charge is -2.41. The number of morpholine rings is 1. The van der Waals surface area contributed by atoms with Crippen LogP contribution in [0.4, 0.5) is 10.5 Å². The smallest absolute Gasteiger partial charge is 0.431 e. The number of rotatable bonds is 8. The van der Waals surface area contributed by atoms with Gasteiger partial charge in [-0.15, -0.1) is 0 Å². The summed E-state index contributed by atoms with van der Waals surface area (Å²) < 4.78 is 24.5. The van der Waals surface area contributed by atoms with Crippen LogP contribution in [0.1, 0.15) is 50.7 Å². The number of benzene rings is 3. The summed E-state index contributed by atoms with van der Waals surface area (Å²) in [5.74, 6) is 0.283. The monoisotopic (exact) mass is 751 g/mol. The SMILES string of the molecule is COc1cc2c(cc1-c1cccc(NC(=O)CONC(=O)OC(C)(C)C)c1)-c1c(c(C(=O)N3CCOCC3(C)C)nn1-c1cc(Cl)cc(Cl)c1)CO2. The van der Waals surface area contributed by atoms with Crippen molar-refractivity contribution in [2.75, 3.05) is 38.8 Å². The van der Waals surface area contributed by atoms with Crippen molar-refractivity contribution in [2.45, 2.75) is 52.4 Å². The number of hydrogen-bond acceptors (Lipinski definition) is 9. The maximum absolute atomic E-state index is 14.2. The van der Waals surface area contributed by atoms with Gasteiger partial charge in [-0.05, 0) is 76.6 Å². The molecule has 6 rings (SSSR count). The zero-order valence-electron chi connectivity index (χ0n) is 29.6. The summed E-state index contributed by atoms with van der Waals surface area (Å²) in [6.45, 7) is 9.90. The van der Waals surface area contributed by atoms with Gasteiger partial charge in [0, 0.05) is 45.0 Å². The molecular formula is C37H39Cl2N5O8. The van der Waals surface area contributed by atoms with Gasteiger partial charge in [0.2, 0.25) is 0 Å². The van der Waals surface area contributed by atoms with E-state index in [1.807, 2.05) is 26.0 Å². The third kappa shape index (κ3) is 7.97. The van der Waals surface area contributed by atoms with E-state index in [4.69, 9.17) is 52.1 Å². The third-order valence-corrected chi connectivity index (χ3v) is 8.75. The molecule has 3 aromatic carbocycles. The van der Waals surface area contributed by atoms with E-state index in [1.165, 1.54) is 0 Å². The van der Waals surface area contributed by atoms with Crippen LogP contribution in [0.3, 0.4) is 0 Å². The predicted octanol–water partition coefficient (Wildman–Crippen LogP) is 7.06.